The van der Waals surface area contributed by atoms with Crippen molar-refractivity contribution in [3.8, 4) is 11.8 Å². The van der Waals surface area contributed by atoms with Gasteiger partial charge < -0.3 is 10.1 Å². The first-order valence-corrected chi connectivity index (χ1v) is 9.13. The Bertz CT molecular complexity index is 913. The Morgan fingerprint density at radius 2 is 2.08 bits per heavy atom. The lowest BCUT2D eigenvalue weighted by molar-refractivity contribution is 0.134. The molecule has 2 atom stereocenters. The standard InChI is InChI=1S/C21H22N4O/c22-12-18-19-14-24-25-20(19)9-10-21(18)26-17-8-4-7-16(11-17)23-13-15-5-2-1-3-6-15/h1-3,5-6,9-10,14,16-17,23H,4,7-8,11,13H2,(H,24,25)/t16-,17+/m1/s1. The first-order chi connectivity index (χ1) is 12.8. The van der Waals surface area contributed by atoms with Gasteiger partial charge >= 0.3 is 0 Å². The summed E-state index contributed by atoms with van der Waals surface area (Å²) >= 11 is 0. The molecule has 132 valence electrons. The monoisotopic (exact) mass is 346 g/mol. The quantitative estimate of drug-likeness (QED) is 0.734. The van der Waals surface area contributed by atoms with E-state index < -0.39 is 0 Å². The molecule has 0 radical (unpaired) electrons. The third-order valence-electron chi connectivity index (χ3n) is 5.06. The van der Waals surface area contributed by atoms with E-state index in [1.54, 1.807) is 6.20 Å². The van der Waals surface area contributed by atoms with Gasteiger partial charge in [0.15, 0.2) is 0 Å². The Morgan fingerprint density at radius 1 is 1.19 bits per heavy atom. The molecular weight excluding hydrogens is 324 g/mol. The van der Waals surface area contributed by atoms with Crippen molar-refractivity contribution in [1.29, 1.82) is 5.26 Å². The van der Waals surface area contributed by atoms with Crippen molar-refractivity contribution >= 4 is 10.9 Å². The molecule has 1 aromatic heterocycles. The van der Waals surface area contributed by atoms with Crippen LogP contribution in [0.15, 0.2) is 48.7 Å². The number of nitriles is 1. The molecule has 0 saturated heterocycles. The lowest BCUT2D eigenvalue weighted by Crippen LogP contribution is -2.37. The second-order valence-electron chi connectivity index (χ2n) is 6.85. The molecule has 1 heterocycles. The molecule has 2 aromatic carbocycles. The Kier molecular flexibility index (Phi) is 4.85. The summed E-state index contributed by atoms with van der Waals surface area (Å²) in [5, 5.41) is 20.9. The zero-order chi connectivity index (χ0) is 17.8. The van der Waals surface area contributed by atoms with Crippen molar-refractivity contribution in [2.45, 2.75) is 44.4 Å². The number of hydrogen-bond acceptors (Lipinski definition) is 4. The Labute approximate surface area is 153 Å². The highest BCUT2D eigenvalue weighted by Gasteiger charge is 2.24. The number of aromatic nitrogens is 2. The van der Waals surface area contributed by atoms with Gasteiger partial charge in [-0.3, -0.25) is 5.10 Å². The largest absolute Gasteiger partial charge is 0.489 e. The minimum atomic E-state index is 0.133. The van der Waals surface area contributed by atoms with E-state index in [1.807, 2.05) is 18.2 Å². The van der Waals surface area contributed by atoms with E-state index in [4.69, 9.17) is 4.74 Å². The van der Waals surface area contributed by atoms with Gasteiger partial charge in [-0.2, -0.15) is 10.4 Å². The number of ether oxygens (including phenoxy) is 1. The van der Waals surface area contributed by atoms with Gasteiger partial charge in [0, 0.05) is 18.0 Å². The number of aromatic amines is 1. The summed E-state index contributed by atoms with van der Waals surface area (Å²) in [5.74, 6) is 0.662. The summed E-state index contributed by atoms with van der Waals surface area (Å²) in [6.45, 7) is 0.878. The van der Waals surface area contributed by atoms with Crippen LogP contribution in [-0.2, 0) is 6.54 Å². The number of fused-ring (bicyclic) bond motifs is 1. The van der Waals surface area contributed by atoms with E-state index >= 15 is 0 Å². The van der Waals surface area contributed by atoms with Crippen LogP contribution in [0.4, 0.5) is 0 Å². The van der Waals surface area contributed by atoms with Gasteiger partial charge in [0.25, 0.3) is 0 Å². The summed E-state index contributed by atoms with van der Waals surface area (Å²) in [6, 6.07) is 17.0. The van der Waals surface area contributed by atoms with Crippen molar-refractivity contribution < 1.29 is 4.74 Å². The molecule has 0 aliphatic heterocycles. The number of H-pyrrole nitrogens is 1. The molecule has 4 rings (SSSR count). The maximum atomic E-state index is 9.54. The van der Waals surface area contributed by atoms with Crippen LogP contribution >= 0.6 is 0 Å². The van der Waals surface area contributed by atoms with Crippen molar-refractivity contribution in [3.63, 3.8) is 0 Å². The second-order valence-corrected chi connectivity index (χ2v) is 6.85. The molecule has 1 saturated carbocycles. The minimum Gasteiger partial charge on any atom is -0.489 e. The van der Waals surface area contributed by atoms with Crippen LogP contribution in [0.2, 0.25) is 0 Å². The zero-order valence-electron chi connectivity index (χ0n) is 14.6. The van der Waals surface area contributed by atoms with E-state index in [0.29, 0.717) is 17.4 Å². The predicted octanol–water partition coefficient (Wildman–Crippen LogP) is 3.91. The number of hydrogen-bond donors (Lipinski definition) is 2. The normalized spacial score (nSPS) is 20.0. The fourth-order valence-corrected chi connectivity index (χ4v) is 3.69. The molecule has 1 fully saturated rings. The Morgan fingerprint density at radius 3 is 2.92 bits per heavy atom. The molecule has 0 bridgehead atoms. The van der Waals surface area contributed by atoms with E-state index in [0.717, 1.165) is 36.7 Å². The third-order valence-corrected chi connectivity index (χ3v) is 5.06. The summed E-state index contributed by atoms with van der Waals surface area (Å²) in [5.41, 5.74) is 2.73. The Hall–Kier alpha value is -2.84. The molecule has 0 spiro atoms. The average Bonchev–Trinajstić information content (AvgIpc) is 3.16. The number of nitrogens with zero attached hydrogens (tertiary/aromatic N) is 2. The molecule has 1 aliphatic rings. The summed E-state index contributed by atoms with van der Waals surface area (Å²) in [4.78, 5) is 0. The van der Waals surface area contributed by atoms with Crippen LogP contribution in [0.1, 0.15) is 36.8 Å². The lowest BCUT2D eigenvalue weighted by Gasteiger charge is -2.30. The fraction of sp³-hybridized carbons (Fsp3) is 0.333. The first-order valence-electron chi connectivity index (χ1n) is 9.13. The molecule has 2 N–H and O–H groups in total. The second kappa shape index (κ2) is 7.59. The highest BCUT2D eigenvalue weighted by molar-refractivity contribution is 5.86. The predicted molar refractivity (Wildman–Crippen MR) is 101 cm³/mol. The highest BCUT2D eigenvalue weighted by atomic mass is 16.5. The van der Waals surface area contributed by atoms with Crippen LogP contribution in [-0.4, -0.2) is 22.3 Å². The molecule has 5 nitrogen and oxygen atoms in total. The summed E-state index contributed by atoms with van der Waals surface area (Å²) < 4.78 is 6.23. The summed E-state index contributed by atoms with van der Waals surface area (Å²) in [7, 11) is 0. The summed E-state index contributed by atoms with van der Waals surface area (Å²) in [6.07, 6.45) is 6.10. The van der Waals surface area contributed by atoms with E-state index in [1.165, 1.54) is 12.0 Å². The molecule has 0 unspecified atom stereocenters. The number of rotatable bonds is 5. The van der Waals surface area contributed by atoms with Gasteiger partial charge in [0.1, 0.15) is 23.5 Å². The van der Waals surface area contributed by atoms with Gasteiger partial charge in [-0.25, -0.2) is 0 Å². The molecule has 3 aromatic rings. The van der Waals surface area contributed by atoms with Crippen LogP contribution in [0, 0.1) is 11.3 Å². The van der Waals surface area contributed by atoms with Crippen LogP contribution < -0.4 is 10.1 Å². The highest BCUT2D eigenvalue weighted by Crippen LogP contribution is 2.30. The van der Waals surface area contributed by atoms with Crippen molar-refractivity contribution in [2.75, 3.05) is 0 Å². The minimum absolute atomic E-state index is 0.133. The van der Waals surface area contributed by atoms with Crippen LogP contribution in [0.3, 0.4) is 0 Å². The molecule has 26 heavy (non-hydrogen) atoms. The van der Waals surface area contributed by atoms with Crippen molar-refractivity contribution in [2.24, 2.45) is 0 Å². The van der Waals surface area contributed by atoms with Gasteiger partial charge in [0.2, 0.25) is 0 Å². The van der Waals surface area contributed by atoms with E-state index in [9.17, 15) is 5.26 Å². The Balaban J connectivity index is 1.41. The van der Waals surface area contributed by atoms with Gasteiger partial charge in [0.05, 0.1) is 11.7 Å². The molecule has 5 heteroatoms. The average molecular weight is 346 g/mol. The van der Waals surface area contributed by atoms with E-state index in [2.05, 4.69) is 45.8 Å². The molecular formula is C21H22N4O. The number of nitrogens with one attached hydrogen (secondary N) is 2. The third kappa shape index (κ3) is 3.56. The first kappa shape index (κ1) is 16.6. The number of benzene rings is 2. The van der Waals surface area contributed by atoms with E-state index in [-0.39, 0.29) is 6.10 Å². The zero-order valence-corrected chi connectivity index (χ0v) is 14.6. The lowest BCUT2D eigenvalue weighted by atomic mass is 9.92. The smallest absolute Gasteiger partial charge is 0.138 e. The molecule has 0 amide bonds. The van der Waals surface area contributed by atoms with Gasteiger partial charge in [-0.1, -0.05) is 30.3 Å². The SMILES string of the molecule is N#Cc1c(O[C@H]2CCC[C@@H](NCc3ccccc3)C2)ccc2[nH]ncc12. The topological polar surface area (TPSA) is 73.7 Å². The van der Waals surface area contributed by atoms with Crippen molar-refractivity contribution in [3.05, 3.63) is 59.8 Å². The van der Waals surface area contributed by atoms with Crippen LogP contribution in [0.25, 0.3) is 10.9 Å². The van der Waals surface area contributed by atoms with Crippen molar-refractivity contribution in [1.82, 2.24) is 15.5 Å². The van der Waals surface area contributed by atoms with Gasteiger partial charge in [-0.15, -0.1) is 0 Å². The maximum absolute atomic E-state index is 9.54. The fourth-order valence-electron chi connectivity index (χ4n) is 3.69. The van der Waals surface area contributed by atoms with Gasteiger partial charge in [-0.05, 0) is 43.4 Å². The molecule has 1 aliphatic carbocycles. The maximum Gasteiger partial charge on any atom is 0.138 e. The van der Waals surface area contributed by atoms with Crippen LogP contribution in [0.5, 0.6) is 5.75 Å².